The van der Waals surface area contributed by atoms with Crippen molar-refractivity contribution < 1.29 is 5.11 Å². The van der Waals surface area contributed by atoms with Crippen molar-refractivity contribution in [2.24, 2.45) is 0 Å². The molecule has 0 aromatic heterocycles. The number of benzene rings is 1. The molecule has 1 aromatic rings. The van der Waals surface area contributed by atoms with E-state index >= 15 is 0 Å². The largest absolute Gasteiger partial charge is 0.508 e. The summed E-state index contributed by atoms with van der Waals surface area (Å²) in [7, 11) is 0. The second-order valence-electron chi connectivity index (χ2n) is 1.48. The minimum absolute atomic E-state index is 0. The maximum absolute atomic E-state index is 8.70. The van der Waals surface area contributed by atoms with Crippen LogP contribution in [-0.4, -0.2) is 5.11 Å². The molecule has 0 atom stereocenters. The van der Waals surface area contributed by atoms with Crippen LogP contribution in [0, 0.1) is 0 Å². The van der Waals surface area contributed by atoms with Gasteiger partial charge in [0.2, 0.25) is 0 Å². The lowest BCUT2D eigenvalue weighted by molar-refractivity contribution is 0.475. The maximum atomic E-state index is 8.70. The van der Waals surface area contributed by atoms with Crippen molar-refractivity contribution >= 4 is 48.8 Å². The van der Waals surface area contributed by atoms with Crippen LogP contribution in [0.4, 0.5) is 0 Å². The number of hydrogen-bond donors (Lipinski definition) is 1. The summed E-state index contributed by atoms with van der Waals surface area (Å²) in [6.07, 6.45) is 0. The molecule has 0 bridgehead atoms. The van der Waals surface area contributed by atoms with E-state index in [1.807, 2.05) is 0 Å². The average molecular weight is 238 g/mol. The van der Waals surface area contributed by atoms with Crippen molar-refractivity contribution in [3.05, 3.63) is 29.3 Å². The van der Waals surface area contributed by atoms with Crippen molar-refractivity contribution in [2.75, 3.05) is 0 Å². The number of rotatable bonds is 0. The molecule has 0 amide bonds. The predicted molar refractivity (Wildman–Crippen MR) is 54.9 cm³/mol. The smallest absolute Gasteiger partial charge is 0.115 e. The molecule has 0 saturated carbocycles. The molecular weight excluding hydrogens is 230 g/mol. The van der Waals surface area contributed by atoms with Gasteiger partial charge in [-0.25, -0.2) is 0 Å². The molecule has 5 heteroatoms. The highest BCUT2D eigenvalue weighted by molar-refractivity contribution is 6.30. The summed E-state index contributed by atoms with van der Waals surface area (Å²) in [6.45, 7) is 0. The van der Waals surface area contributed by atoms with E-state index in [0.717, 1.165) is 0 Å². The van der Waals surface area contributed by atoms with Gasteiger partial charge in [0.05, 0.1) is 0 Å². The van der Waals surface area contributed by atoms with E-state index in [-0.39, 0.29) is 43.0 Å². The second kappa shape index (κ2) is 8.28. The molecule has 0 aliphatic carbocycles. The Morgan fingerprint density at radius 2 is 1.27 bits per heavy atom. The first-order valence-corrected chi connectivity index (χ1v) is 2.61. The van der Waals surface area contributed by atoms with Crippen molar-refractivity contribution in [2.45, 2.75) is 0 Å². The van der Waals surface area contributed by atoms with E-state index in [0.29, 0.717) is 5.02 Å². The van der Waals surface area contributed by atoms with Crippen LogP contribution in [-0.2, 0) is 0 Å². The van der Waals surface area contributed by atoms with Crippen molar-refractivity contribution in [1.29, 1.82) is 0 Å². The number of aromatic hydroxyl groups is 1. The number of phenols is 1. The first kappa shape index (κ1) is 17.3. The Kier molecular flexibility index (Phi) is 13.0. The Bertz CT molecular complexity index is 153. The minimum Gasteiger partial charge on any atom is -0.508 e. The Labute approximate surface area is 89.0 Å². The molecular formula is C6H8Cl4O. The van der Waals surface area contributed by atoms with Gasteiger partial charge in [-0.15, -0.1) is 37.2 Å². The fourth-order valence-electron chi connectivity index (χ4n) is 0.441. The third-order valence-electron chi connectivity index (χ3n) is 0.827. The lowest BCUT2D eigenvalue weighted by Crippen LogP contribution is -1.61. The Balaban J connectivity index is -0.000000213. The first-order chi connectivity index (χ1) is 3.79. The lowest BCUT2D eigenvalue weighted by atomic mass is 10.3. The Hall–Kier alpha value is 0.180. The van der Waals surface area contributed by atoms with Gasteiger partial charge >= 0.3 is 0 Å². The predicted octanol–water partition coefficient (Wildman–Crippen LogP) is 3.31. The van der Waals surface area contributed by atoms with E-state index in [2.05, 4.69) is 0 Å². The Morgan fingerprint density at radius 1 is 0.909 bits per heavy atom. The Morgan fingerprint density at radius 3 is 1.55 bits per heavy atom. The third kappa shape index (κ3) is 6.57. The zero-order valence-corrected chi connectivity index (χ0v) is 8.56. The molecule has 0 heterocycles. The highest BCUT2D eigenvalue weighted by Gasteiger charge is 1.84. The van der Waals surface area contributed by atoms with E-state index in [4.69, 9.17) is 16.7 Å². The summed E-state index contributed by atoms with van der Waals surface area (Å²) in [5, 5.41) is 9.34. The zero-order valence-electron chi connectivity index (χ0n) is 5.36. The van der Waals surface area contributed by atoms with Crippen molar-refractivity contribution in [3.63, 3.8) is 0 Å². The number of hydrogen-bond acceptors (Lipinski definition) is 1. The molecule has 0 fully saturated rings. The molecule has 66 valence electrons. The highest BCUT2D eigenvalue weighted by atomic mass is 35.5. The molecule has 0 spiro atoms. The summed E-state index contributed by atoms with van der Waals surface area (Å²) < 4.78 is 0. The molecule has 0 radical (unpaired) electrons. The summed E-state index contributed by atoms with van der Waals surface area (Å²) in [4.78, 5) is 0. The van der Waals surface area contributed by atoms with Gasteiger partial charge in [-0.05, 0) is 24.3 Å². The second-order valence-corrected chi connectivity index (χ2v) is 1.91. The molecule has 0 aliphatic rings. The van der Waals surface area contributed by atoms with Gasteiger partial charge in [0, 0.05) is 5.02 Å². The number of phenolic OH excluding ortho intramolecular Hbond substituents is 1. The van der Waals surface area contributed by atoms with Crippen molar-refractivity contribution in [1.82, 2.24) is 0 Å². The average Bonchev–Trinajstić information content (AvgIpc) is 1.77. The summed E-state index contributed by atoms with van der Waals surface area (Å²) >= 11 is 5.50. The maximum Gasteiger partial charge on any atom is 0.115 e. The van der Waals surface area contributed by atoms with Crippen LogP contribution >= 0.6 is 48.8 Å². The van der Waals surface area contributed by atoms with Gasteiger partial charge in [0.25, 0.3) is 0 Å². The van der Waals surface area contributed by atoms with Crippen LogP contribution in [0.25, 0.3) is 0 Å². The highest BCUT2D eigenvalue weighted by Crippen LogP contribution is 2.12. The van der Waals surface area contributed by atoms with Crippen LogP contribution in [0.3, 0.4) is 0 Å². The molecule has 0 saturated heterocycles. The lowest BCUT2D eigenvalue weighted by Gasteiger charge is -1.87. The molecule has 1 aromatic carbocycles. The van der Waals surface area contributed by atoms with Crippen LogP contribution in [0.15, 0.2) is 24.3 Å². The van der Waals surface area contributed by atoms with E-state index < -0.39 is 0 Å². The standard InChI is InChI=1S/C6H5ClO.3ClH/c7-5-1-3-6(8)4-2-5;;;/h1-4,8H;3*1H. The zero-order chi connectivity index (χ0) is 5.98. The van der Waals surface area contributed by atoms with E-state index in [1.165, 1.54) is 0 Å². The SMILES string of the molecule is Cl.Cl.Cl.Oc1ccc(Cl)cc1. The minimum atomic E-state index is 0. The molecule has 0 unspecified atom stereocenters. The van der Waals surface area contributed by atoms with Crippen LogP contribution < -0.4 is 0 Å². The van der Waals surface area contributed by atoms with Gasteiger partial charge in [-0.3, -0.25) is 0 Å². The van der Waals surface area contributed by atoms with Gasteiger partial charge in [-0.1, -0.05) is 11.6 Å². The molecule has 0 aliphatic heterocycles. The van der Waals surface area contributed by atoms with Gasteiger partial charge < -0.3 is 5.11 Å². The monoisotopic (exact) mass is 236 g/mol. The fourth-order valence-corrected chi connectivity index (χ4v) is 0.567. The van der Waals surface area contributed by atoms with Crippen LogP contribution in [0.5, 0.6) is 5.75 Å². The molecule has 11 heavy (non-hydrogen) atoms. The van der Waals surface area contributed by atoms with Gasteiger partial charge in [-0.2, -0.15) is 0 Å². The topological polar surface area (TPSA) is 20.2 Å². The quantitative estimate of drug-likeness (QED) is 0.734. The summed E-state index contributed by atoms with van der Waals surface area (Å²) in [5.74, 6) is 0.245. The van der Waals surface area contributed by atoms with E-state index in [1.54, 1.807) is 24.3 Å². The van der Waals surface area contributed by atoms with Crippen LogP contribution in [0.1, 0.15) is 0 Å². The molecule has 1 nitrogen and oxygen atoms in total. The fraction of sp³-hybridized carbons (Fsp3) is 0. The van der Waals surface area contributed by atoms with Gasteiger partial charge in [0.15, 0.2) is 0 Å². The summed E-state index contributed by atoms with van der Waals surface area (Å²) in [5.41, 5.74) is 0. The van der Waals surface area contributed by atoms with Crippen LogP contribution in [0.2, 0.25) is 5.02 Å². The third-order valence-corrected chi connectivity index (χ3v) is 1.08. The normalized spacial score (nSPS) is 6.64. The molecule has 1 N–H and O–H groups in total. The number of halogens is 4. The van der Waals surface area contributed by atoms with Crippen molar-refractivity contribution in [3.8, 4) is 5.75 Å². The summed E-state index contributed by atoms with van der Waals surface area (Å²) in [6, 6.07) is 6.36. The van der Waals surface area contributed by atoms with E-state index in [9.17, 15) is 0 Å². The molecule has 1 rings (SSSR count). The van der Waals surface area contributed by atoms with Gasteiger partial charge in [0.1, 0.15) is 5.75 Å². The first-order valence-electron chi connectivity index (χ1n) is 2.23.